The lowest BCUT2D eigenvalue weighted by Crippen LogP contribution is -1.98. The van der Waals surface area contributed by atoms with Gasteiger partial charge in [-0.15, -0.1) is 0 Å². The minimum absolute atomic E-state index is 0.349. The number of hydrogen-bond acceptors (Lipinski definition) is 3. The van der Waals surface area contributed by atoms with Crippen molar-refractivity contribution in [2.24, 2.45) is 0 Å². The molecule has 17 heavy (non-hydrogen) atoms. The van der Waals surface area contributed by atoms with Crippen molar-refractivity contribution in [2.75, 3.05) is 0 Å². The van der Waals surface area contributed by atoms with E-state index in [0.717, 1.165) is 16.8 Å². The molecule has 0 saturated carbocycles. The third-order valence-corrected chi connectivity index (χ3v) is 2.92. The third kappa shape index (κ3) is 2.10. The smallest absolute Gasteiger partial charge is 0.148 e. The van der Waals surface area contributed by atoms with Crippen molar-refractivity contribution in [3.63, 3.8) is 0 Å². The van der Waals surface area contributed by atoms with Crippen LogP contribution in [0, 0.1) is 29.8 Å². The van der Waals surface area contributed by atoms with Gasteiger partial charge in [-0.05, 0) is 19.4 Å². The molecular formula is C13H11N3S. The zero-order valence-electron chi connectivity index (χ0n) is 9.61. The second-order valence-corrected chi connectivity index (χ2v) is 4.20. The van der Waals surface area contributed by atoms with E-state index in [0.29, 0.717) is 16.0 Å². The number of H-pyrrole nitrogens is 1. The second kappa shape index (κ2) is 4.48. The number of aryl methyl sites for hydroxylation is 2. The van der Waals surface area contributed by atoms with E-state index >= 15 is 0 Å². The van der Waals surface area contributed by atoms with Gasteiger partial charge in [0.2, 0.25) is 0 Å². The molecule has 0 radical (unpaired) electrons. The summed E-state index contributed by atoms with van der Waals surface area (Å²) in [4.78, 5) is 7.40. The van der Waals surface area contributed by atoms with Gasteiger partial charge in [-0.3, -0.25) is 0 Å². The lowest BCUT2D eigenvalue weighted by molar-refractivity contribution is 1.08. The van der Waals surface area contributed by atoms with Crippen LogP contribution in [0.4, 0.5) is 0 Å². The number of aromatic amines is 1. The molecule has 1 aromatic carbocycles. The molecule has 0 aliphatic heterocycles. The molecule has 4 heteroatoms. The van der Waals surface area contributed by atoms with Crippen LogP contribution in [-0.2, 0) is 0 Å². The highest BCUT2D eigenvalue weighted by Crippen LogP contribution is 2.20. The van der Waals surface area contributed by atoms with E-state index in [2.05, 4.69) is 16.0 Å². The number of aromatic nitrogens is 2. The van der Waals surface area contributed by atoms with Gasteiger partial charge in [0.1, 0.15) is 22.1 Å². The average molecular weight is 241 g/mol. The van der Waals surface area contributed by atoms with Gasteiger partial charge in [0, 0.05) is 11.3 Å². The van der Waals surface area contributed by atoms with Crippen LogP contribution in [-0.4, -0.2) is 9.97 Å². The van der Waals surface area contributed by atoms with Crippen molar-refractivity contribution in [3.8, 4) is 17.5 Å². The first-order valence-corrected chi connectivity index (χ1v) is 5.61. The number of hydrogen-bond donors (Lipinski definition) is 1. The van der Waals surface area contributed by atoms with E-state index in [4.69, 9.17) is 17.5 Å². The minimum atomic E-state index is 0.349. The Morgan fingerprint density at radius 1 is 1.29 bits per heavy atom. The predicted molar refractivity (Wildman–Crippen MR) is 69.0 cm³/mol. The Hall–Kier alpha value is -1.99. The molecule has 2 rings (SSSR count). The summed E-state index contributed by atoms with van der Waals surface area (Å²) in [5.74, 6) is 0.713. The Balaban J connectivity index is 2.68. The van der Waals surface area contributed by atoms with Gasteiger partial charge in [-0.25, -0.2) is 4.98 Å². The fourth-order valence-corrected chi connectivity index (χ4v) is 1.97. The SMILES string of the molecule is Cc1ccccc1-c1nc(=S)c(C#N)c(C)[nH]1. The number of rotatable bonds is 1. The Bertz CT molecular complexity index is 665. The average Bonchev–Trinajstić information content (AvgIpc) is 2.29. The summed E-state index contributed by atoms with van der Waals surface area (Å²) in [5.41, 5.74) is 3.32. The first-order chi connectivity index (χ1) is 8.13. The maximum atomic E-state index is 8.94. The second-order valence-electron chi connectivity index (χ2n) is 3.82. The van der Waals surface area contributed by atoms with Crippen LogP contribution in [0.1, 0.15) is 16.8 Å². The van der Waals surface area contributed by atoms with E-state index in [1.54, 1.807) is 0 Å². The van der Waals surface area contributed by atoms with Crippen LogP contribution in [0.25, 0.3) is 11.4 Å². The normalized spacial score (nSPS) is 9.94. The van der Waals surface area contributed by atoms with E-state index in [1.807, 2.05) is 38.1 Å². The van der Waals surface area contributed by atoms with Gasteiger partial charge in [0.05, 0.1) is 0 Å². The summed E-state index contributed by atoms with van der Waals surface area (Å²) in [7, 11) is 0. The monoisotopic (exact) mass is 241 g/mol. The molecule has 0 spiro atoms. The van der Waals surface area contributed by atoms with Gasteiger partial charge < -0.3 is 4.98 Å². The van der Waals surface area contributed by atoms with E-state index < -0.39 is 0 Å². The molecule has 1 N–H and O–H groups in total. The Morgan fingerprint density at radius 3 is 2.59 bits per heavy atom. The lowest BCUT2D eigenvalue weighted by atomic mass is 10.1. The predicted octanol–water partition coefficient (Wildman–Crippen LogP) is 3.29. The van der Waals surface area contributed by atoms with Gasteiger partial charge in [-0.2, -0.15) is 5.26 Å². The van der Waals surface area contributed by atoms with Gasteiger partial charge >= 0.3 is 0 Å². The van der Waals surface area contributed by atoms with Crippen LogP contribution >= 0.6 is 12.2 Å². The van der Waals surface area contributed by atoms with Crippen LogP contribution < -0.4 is 0 Å². The van der Waals surface area contributed by atoms with Crippen molar-refractivity contribution in [3.05, 3.63) is 45.7 Å². The fraction of sp³-hybridized carbons (Fsp3) is 0.154. The number of nitrogens with zero attached hydrogens (tertiary/aromatic N) is 2. The molecule has 0 saturated heterocycles. The first-order valence-electron chi connectivity index (χ1n) is 5.20. The standard InChI is InChI=1S/C13H11N3S/c1-8-5-3-4-6-10(8)12-15-9(2)11(7-14)13(17)16-12/h3-6H,1-2H3,(H,15,16,17). The molecule has 0 aliphatic rings. The van der Waals surface area contributed by atoms with Crippen molar-refractivity contribution >= 4 is 12.2 Å². The summed E-state index contributed by atoms with van der Waals surface area (Å²) in [5, 5.41) is 8.94. The number of nitrogens with one attached hydrogen (secondary N) is 1. The molecule has 0 aliphatic carbocycles. The summed E-state index contributed by atoms with van der Waals surface area (Å²) in [6.07, 6.45) is 0. The van der Waals surface area contributed by atoms with Crippen LogP contribution in [0.15, 0.2) is 24.3 Å². The van der Waals surface area contributed by atoms with Gasteiger partial charge in [0.15, 0.2) is 0 Å². The van der Waals surface area contributed by atoms with E-state index in [-0.39, 0.29) is 0 Å². The van der Waals surface area contributed by atoms with Crippen LogP contribution in [0.2, 0.25) is 0 Å². The van der Waals surface area contributed by atoms with Crippen LogP contribution in [0.3, 0.4) is 0 Å². The van der Waals surface area contributed by atoms with Crippen LogP contribution in [0.5, 0.6) is 0 Å². The van der Waals surface area contributed by atoms with Crippen molar-refractivity contribution in [1.82, 2.24) is 9.97 Å². The molecule has 2 aromatic rings. The molecule has 84 valence electrons. The highest BCUT2D eigenvalue weighted by Gasteiger charge is 2.07. The topological polar surface area (TPSA) is 52.5 Å². The van der Waals surface area contributed by atoms with E-state index in [9.17, 15) is 0 Å². The fourth-order valence-electron chi connectivity index (χ4n) is 1.68. The highest BCUT2D eigenvalue weighted by molar-refractivity contribution is 7.71. The Labute approximate surface area is 105 Å². The Kier molecular flexibility index (Phi) is 3.03. The molecule has 1 aromatic heterocycles. The first kappa shape index (κ1) is 11.5. The number of benzene rings is 1. The molecule has 0 atom stereocenters. The molecule has 0 amide bonds. The van der Waals surface area contributed by atoms with Crippen molar-refractivity contribution in [2.45, 2.75) is 13.8 Å². The van der Waals surface area contributed by atoms with E-state index in [1.165, 1.54) is 0 Å². The maximum Gasteiger partial charge on any atom is 0.148 e. The maximum absolute atomic E-state index is 8.94. The molecular weight excluding hydrogens is 230 g/mol. The molecule has 0 bridgehead atoms. The quantitative estimate of drug-likeness (QED) is 0.779. The highest BCUT2D eigenvalue weighted by atomic mass is 32.1. The zero-order chi connectivity index (χ0) is 12.4. The number of nitriles is 1. The summed E-state index contributed by atoms with van der Waals surface area (Å²) >= 11 is 5.12. The zero-order valence-corrected chi connectivity index (χ0v) is 10.4. The molecule has 1 heterocycles. The van der Waals surface area contributed by atoms with Crippen molar-refractivity contribution < 1.29 is 0 Å². The summed E-state index contributed by atoms with van der Waals surface area (Å²) < 4.78 is 0.349. The van der Waals surface area contributed by atoms with Gasteiger partial charge in [0.25, 0.3) is 0 Å². The molecule has 0 fully saturated rings. The molecule has 0 unspecified atom stereocenters. The Morgan fingerprint density at radius 2 is 2.00 bits per heavy atom. The third-order valence-electron chi connectivity index (χ3n) is 2.62. The summed E-state index contributed by atoms with van der Waals surface area (Å²) in [6, 6.07) is 9.98. The lowest BCUT2D eigenvalue weighted by Gasteiger charge is -2.07. The van der Waals surface area contributed by atoms with Crippen molar-refractivity contribution in [1.29, 1.82) is 5.26 Å². The largest absolute Gasteiger partial charge is 0.342 e. The minimum Gasteiger partial charge on any atom is -0.342 e. The summed E-state index contributed by atoms with van der Waals surface area (Å²) in [6.45, 7) is 3.85. The van der Waals surface area contributed by atoms with Gasteiger partial charge in [-0.1, -0.05) is 36.5 Å². The molecule has 3 nitrogen and oxygen atoms in total.